The van der Waals surface area contributed by atoms with Crippen molar-refractivity contribution < 1.29 is 4.74 Å². The molecule has 0 bridgehead atoms. The van der Waals surface area contributed by atoms with Crippen LogP contribution in [0.1, 0.15) is 24.6 Å². The number of aromatic nitrogens is 4. The second kappa shape index (κ2) is 5.28. The van der Waals surface area contributed by atoms with Crippen LogP contribution in [-0.4, -0.2) is 33.8 Å². The molecule has 104 valence electrons. The summed E-state index contributed by atoms with van der Waals surface area (Å²) in [5.74, 6) is 1.84. The van der Waals surface area contributed by atoms with Crippen LogP contribution in [0.4, 0.5) is 11.6 Å². The summed E-state index contributed by atoms with van der Waals surface area (Å²) >= 11 is 0. The van der Waals surface area contributed by atoms with Gasteiger partial charge in [-0.3, -0.25) is 0 Å². The zero-order chi connectivity index (χ0) is 13.9. The molecule has 0 saturated carbocycles. The van der Waals surface area contributed by atoms with Gasteiger partial charge in [0.1, 0.15) is 18.0 Å². The van der Waals surface area contributed by atoms with E-state index in [0.29, 0.717) is 11.7 Å². The molecule has 2 N–H and O–H groups in total. The highest BCUT2D eigenvalue weighted by molar-refractivity contribution is 5.45. The van der Waals surface area contributed by atoms with E-state index in [4.69, 9.17) is 10.5 Å². The standard InChI is InChI=1S/C13H16N6O/c1-20-13-7-12(15-8-16-13)19-6-2-3-10(19)9-4-5-11(14)18-17-9/h4-5,7-8,10H,2-3,6H2,1H3,(H2,14,18). The minimum absolute atomic E-state index is 0.169. The molecule has 7 nitrogen and oxygen atoms in total. The molecule has 7 heteroatoms. The fraction of sp³-hybridized carbons (Fsp3) is 0.385. The van der Waals surface area contributed by atoms with Crippen LogP contribution < -0.4 is 15.4 Å². The van der Waals surface area contributed by atoms with E-state index in [0.717, 1.165) is 30.9 Å². The summed E-state index contributed by atoms with van der Waals surface area (Å²) in [7, 11) is 1.60. The van der Waals surface area contributed by atoms with Gasteiger partial charge in [0.25, 0.3) is 0 Å². The van der Waals surface area contributed by atoms with Gasteiger partial charge < -0.3 is 15.4 Å². The van der Waals surface area contributed by atoms with Crippen LogP contribution in [0.2, 0.25) is 0 Å². The Hall–Kier alpha value is -2.44. The molecular formula is C13H16N6O. The Balaban J connectivity index is 1.90. The fourth-order valence-corrected chi connectivity index (χ4v) is 2.48. The van der Waals surface area contributed by atoms with Gasteiger partial charge in [-0.1, -0.05) is 0 Å². The summed E-state index contributed by atoms with van der Waals surface area (Å²) in [6.07, 6.45) is 3.62. The summed E-state index contributed by atoms with van der Waals surface area (Å²) < 4.78 is 5.15. The third-order valence-electron chi connectivity index (χ3n) is 3.43. The van der Waals surface area contributed by atoms with Crippen molar-refractivity contribution in [1.82, 2.24) is 20.2 Å². The van der Waals surface area contributed by atoms with Gasteiger partial charge in [0, 0.05) is 12.6 Å². The van der Waals surface area contributed by atoms with Crippen molar-refractivity contribution in [3.8, 4) is 5.88 Å². The summed E-state index contributed by atoms with van der Waals surface area (Å²) in [5.41, 5.74) is 6.50. The van der Waals surface area contributed by atoms with Crippen LogP contribution in [0.5, 0.6) is 5.88 Å². The number of rotatable bonds is 3. The number of ether oxygens (including phenoxy) is 1. The molecule has 1 unspecified atom stereocenters. The molecule has 0 aromatic carbocycles. The Kier molecular flexibility index (Phi) is 3.32. The predicted octanol–water partition coefficient (Wildman–Crippen LogP) is 1.20. The van der Waals surface area contributed by atoms with Crippen molar-refractivity contribution in [3.05, 3.63) is 30.2 Å². The lowest BCUT2D eigenvalue weighted by atomic mass is 10.1. The van der Waals surface area contributed by atoms with E-state index in [-0.39, 0.29) is 6.04 Å². The van der Waals surface area contributed by atoms with Gasteiger partial charge in [0.2, 0.25) is 5.88 Å². The van der Waals surface area contributed by atoms with Crippen molar-refractivity contribution in [2.24, 2.45) is 0 Å². The molecule has 0 radical (unpaired) electrons. The van der Waals surface area contributed by atoms with Crippen molar-refractivity contribution in [3.63, 3.8) is 0 Å². The number of nitrogen functional groups attached to an aromatic ring is 1. The molecule has 3 heterocycles. The summed E-state index contributed by atoms with van der Waals surface area (Å²) in [4.78, 5) is 10.6. The Morgan fingerprint density at radius 2 is 2.20 bits per heavy atom. The first-order valence-corrected chi connectivity index (χ1v) is 6.49. The normalized spacial score (nSPS) is 18.2. The lowest BCUT2D eigenvalue weighted by Gasteiger charge is -2.24. The van der Waals surface area contributed by atoms with Crippen LogP contribution in [0.3, 0.4) is 0 Å². The Morgan fingerprint density at radius 3 is 2.95 bits per heavy atom. The Bertz CT molecular complexity index is 588. The van der Waals surface area contributed by atoms with E-state index >= 15 is 0 Å². The van der Waals surface area contributed by atoms with Gasteiger partial charge in [-0.15, -0.1) is 5.10 Å². The number of nitrogens with zero attached hydrogens (tertiary/aromatic N) is 5. The quantitative estimate of drug-likeness (QED) is 0.897. The third kappa shape index (κ3) is 2.34. The molecule has 0 aliphatic carbocycles. The molecule has 1 atom stereocenters. The van der Waals surface area contributed by atoms with E-state index in [1.54, 1.807) is 13.2 Å². The average molecular weight is 272 g/mol. The zero-order valence-corrected chi connectivity index (χ0v) is 11.2. The second-order valence-electron chi connectivity index (χ2n) is 4.65. The smallest absolute Gasteiger partial charge is 0.218 e. The van der Waals surface area contributed by atoms with Crippen molar-refractivity contribution in [2.45, 2.75) is 18.9 Å². The molecule has 3 rings (SSSR count). The highest BCUT2D eigenvalue weighted by atomic mass is 16.5. The largest absolute Gasteiger partial charge is 0.481 e. The molecule has 2 aromatic heterocycles. The van der Waals surface area contributed by atoms with Gasteiger partial charge in [0.05, 0.1) is 18.8 Å². The maximum atomic E-state index is 5.58. The first-order valence-electron chi connectivity index (χ1n) is 6.49. The maximum Gasteiger partial charge on any atom is 0.218 e. The molecular weight excluding hydrogens is 256 g/mol. The van der Waals surface area contributed by atoms with E-state index in [9.17, 15) is 0 Å². The first kappa shape index (κ1) is 12.6. The van der Waals surface area contributed by atoms with Crippen LogP contribution >= 0.6 is 0 Å². The van der Waals surface area contributed by atoms with Crippen LogP contribution in [0.25, 0.3) is 0 Å². The lowest BCUT2D eigenvalue weighted by Crippen LogP contribution is -2.24. The minimum Gasteiger partial charge on any atom is -0.481 e. The molecule has 20 heavy (non-hydrogen) atoms. The van der Waals surface area contributed by atoms with E-state index in [1.807, 2.05) is 12.1 Å². The molecule has 1 fully saturated rings. The second-order valence-corrected chi connectivity index (χ2v) is 4.65. The van der Waals surface area contributed by atoms with Crippen molar-refractivity contribution in [2.75, 3.05) is 24.3 Å². The Morgan fingerprint density at radius 1 is 1.30 bits per heavy atom. The average Bonchev–Trinajstić information content (AvgIpc) is 2.97. The third-order valence-corrected chi connectivity index (χ3v) is 3.43. The van der Waals surface area contributed by atoms with Gasteiger partial charge in [-0.25, -0.2) is 9.97 Å². The van der Waals surface area contributed by atoms with Gasteiger partial charge in [0.15, 0.2) is 0 Å². The maximum absolute atomic E-state index is 5.58. The number of nitrogens with two attached hydrogens (primary N) is 1. The molecule has 0 amide bonds. The highest BCUT2D eigenvalue weighted by Gasteiger charge is 2.28. The van der Waals surface area contributed by atoms with E-state index in [1.165, 1.54) is 6.33 Å². The molecule has 2 aromatic rings. The van der Waals surface area contributed by atoms with Gasteiger partial charge in [-0.2, -0.15) is 5.10 Å². The molecule has 1 aliphatic heterocycles. The SMILES string of the molecule is COc1cc(N2CCCC2c2ccc(N)nn2)ncn1. The molecule has 1 aliphatic rings. The summed E-state index contributed by atoms with van der Waals surface area (Å²) in [6, 6.07) is 5.70. The van der Waals surface area contributed by atoms with Gasteiger partial charge in [-0.05, 0) is 25.0 Å². The van der Waals surface area contributed by atoms with Crippen LogP contribution in [0, 0.1) is 0 Å². The minimum atomic E-state index is 0.169. The van der Waals surface area contributed by atoms with Crippen molar-refractivity contribution in [1.29, 1.82) is 0 Å². The monoisotopic (exact) mass is 272 g/mol. The van der Waals surface area contributed by atoms with Gasteiger partial charge >= 0.3 is 0 Å². The highest BCUT2D eigenvalue weighted by Crippen LogP contribution is 2.34. The van der Waals surface area contributed by atoms with Crippen LogP contribution in [-0.2, 0) is 0 Å². The van der Waals surface area contributed by atoms with E-state index < -0.39 is 0 Å². The number of methoxy groups -OCH3 is 1. The van der Waals surface area contributed by atoms with E-state index in [2.05, 4.69) is 25.1 Å². The van der Waals surface area contributed by atoms with Crippen molar-refractivity contribution >= 4 is 11.6 Å². The number of hydrogen-bond acceptors (Lipinski definition) is 7. The van der Waals surface area contributed by atoms with Crippen LogP contribution in [0.15, 0.2) is 24.5 Å². The molecule has 0 spiro atoms. The lowest BCUT2D eigenvalue weighted by molar-refractivity contribution is 0.396. The topological polar surface area (TPSA) is 90.1 Å². The molecule has 1 saturated heterocycles. The fourth-order valence-electron chi connectivity index (χ4n) is 2.48. The summed E-state index contributed by atoms with van der Waals surface area (Å²) in [5, 5.41) is 8.12. The summed E-state index contributed by atoms with van der Waals surface area (Å²) in [6.45, 7) is 0.927. The Labute approximate surface area is 116 Å². The predicted molar refractivity (Wildman–Crippen MR) is 74.3 cm³/mol. The number of anilines is 2. The number of hydrogen-bond donors (Lipinski definition) is 1. The zero-order valence-electron chi connectivity index (χ0n) is 11.2. The first-order chi connectivity index (χ1) is 9.78.